The summed E-state index contributed by atoms with van der Waals surface area (Å²) in [4.78, 5) is 26.4. The molecule has 0 fully saturated rings. The van der Waals surface area contributed by atoms with E-state index in [9.17, 15) is 14.7 Å². The van der Waals surface area contributed by atoms with Gasteiger partial charge in [0.2, 0.25) is 0 Å². The van der Waals surface area contributed by atoms with E-state index >= 15 is 0 Å². The van der Waals surface area contributed by atoms with Crippen LogP contribution in [0.2, 0.25) is 0 Å². The molecule has 1 aromatic rings. The fourth-order valence-corrected chi connectivity index (χ4v) is 1.46. The van der Waals surface area contributed by atoms with Crippen LogP contribution < -0.4 is 5.32 Å². The van der Waals surface area contributed by atoms with Crippen molar-refractivity contribution >= 4 is 11.9 Å². The molecule has 0 bridgehead atoms. The molecule has 1 rings (SSSR count). The minimum absolute atomic E-state index is 0.136. The quantitative estimate of drug-likeness (QED) is 0.705. The minimum Gasteiger partial charge on any atom is -0.506 e. The molecule has 1 aromatic heterocycles. The molecular weight excluding hydrogens is 236 g/mol. The fourth-order valence-electron chi connectivity index (χ4n) is 1.46. The van der Waals surface area contributed by atoms with Crippen LogP contribution in [0, 0.1) is 0 Å². The van der Waals surface area contributed by atoms with Gasteiger partial charge in [0.25, 0.3) is 5.91 Å². The van der Waals surface area contributed by atoms with E-state index < -0.39 is 17.9 Å². The number of nitrogens with one attached hydrogen (secondary N) is 1. The number of carboxylic acid groups (broad SMARTS) is 1. The molecule has 0 aliphatic rings. The fraction of sp³-hybridized carbons (Fsp3) is 0.417. The van der Waals surface area contributed by atoms with Gasteiger partial charge in [-0.2, -0.15) is 0 Å². The number of unbranched alkanes of at least 4 members (excludes halogenated alkanes) is 1. The van der Waals surface area contributed by atoms with Gasteiger partial charge in [-0.1, -0.05) is 19.8 Å². The summed E-state index contributed by atoms with van der Waals surface area (Å²) >= 11 is 0. The number of aromatic hydroxyl groups is 1. The van der Waals surface area contributed by atoms with Crippen LogP contribution in [0.15, 0.2) is 18.5 Å². The summed E-state index contributed by atoms with van der Waals surface area (Å²) in [6.45, 7) is 1.94. The predicted molar refractivity (Wildman–Crippen MR) is 64.3 cm³/mol. The Balaban J connectivity index is 2.69. The smallest absolute Gasteiger partial charge is 0.326 e. The van der Waals surface area contributed by atoms with E-state index in [0.29, 0.717) is 6.42 Å². The van der Waals surface area contributed by atoms with Crippen molar-refractivity contribution in [2.24, 2.45) is 0 Å². The second-order valence-electron chi connectivity index (χ2n) is 3.94. The molecule has 0 aromatic carbocycles. The zero-order valence-corrected chi connectivity index (χ0v) is 10.1. The molecule has 0 spiro atoms. The van der Waals surface area contributed by atoms with Crippen molar-refractivity contribution in [2.45, 2.75) is 32.2 Å². The van der Waals surface area contributed by atoms with Crippen LogP contribution in [0.25, 0.3) is 0 Å². The Morgan fingerprint density at radius 1 is 1.44 bits per heavy atom. The van der Waals surface area contributed by atoms with Crippen molar-refractivity contribution in [3.8, 4) is 5.75 Å². The van der Waals surface area contributed by atoms with Crippen molar-refractivity contribution in [2.75, 3.05) is 0 Å². The third kappa shape index (κ3) is 4.04. The van der Waals surface area contributed by atoms with Gasteiger partial charge in [-0.15, -0.1) is 0 Å². The van der Waals surface area contributed by atoms with Gasteiger partial charge in [0.05, 0.1) is 11.8 Å². The van der Waals surface area contributed by atoms with Gasteiger partial charge >= 0.3 is 5.97 Å². The number of pyridine rings is 1. The van der Waals surface area contributed by atoms with E-state index in [1.165, 1.54) is 18.5 Å². The molecule has 1 atom stereocenters. The Bertz CT molecular complexity index is 434. The van der Waals surface area contributed by atoms with E-state index in [4.69, 9.17) is 5.11 Å². The monoisotopic (exact) mass is 252 g/mol. The summed E-state index contributed by atoms with van der Waals surface area (Å²) in [5.41, 5.74) is 0.137. The highest BCUT2D eigenvalue weighted by atomic mass is 16.4. The number of nitrogens with zero attached hydrogens (tertiary/aromatic N) is 1. The van der Waals surface area contributed by atoms with Gasteiger partial charge in [0.15, 0.2) is 0 Å². The van der Waals surface area contributed by atoms with E-state index in [-0.39, 0.29) is 11.3 Å². The maximum atomic E-state index is 11.7. The standard InChI is InChI=1S/C12H16N2O4/c1-2-3-4-10(12(17)18)14-11(16)8-5-9(15)7-13-6-8/h5-7,10,15H,2-4H2,1H3,(H,14,16)(H,17,18)/t10-/m0/s1. The number of hydrogen-bond acceptors (Lipinski definition) is 4. The Morgan fingerprint density at radius 3 is 2.72 bits per heavy atom. The van der Waals surface area contributed by atoms with Gasteiger partial charge in [0, 0.05) is 6.20 Å². The second kappa shape index (κ2) is 6.58. The SMILES string of the molecule is CCCC[C@H](NC(=O)c1cncc(O)c1)C(=O)O. The Kier molecular flexibility index (Phi) is 5.10. The van der Waals surface area contributed by atoms with Crippen LogP contribution in [0.1, 0.15) is 36.5 Å². The highest BCUT2D eigenvalue weighted by Crippen LogP contribution is 2.09. The van der Waals surface area contributed by atoms with Crippen LogP contribution in [-0.2, 0) is 4.79 Å². The Hall–Kier alpha value is -2.11. The average molecular weight is 252 g/mol. The first-order valence-electron chi connectivity index (χ1n) is 5.72. The summed E-state index contributed by atoms with van der Waals surface area (Å²) in [6.07, 6.45) is 4.42. The molecular formula is C12H16N2O4. The van der Waals surface area contributed by atoms with Gasteiger partial charge in [-0.25, -0.2) is 4.79 Å². The van der Waals surface area contributed by atoms with Gasteiger partial charge in [-0.05, 0) is 12.5 Å². The molecule has 0 saturated heterocycles. The summed E-state index contributed by atoms with van der Waals surface area (Å²) in [7, 11) is 0. The van der Waals surface area contributed by atoms with Crippen LogP contribution in [0.3, 0.4) is 0 Å². The Labute approximate surface area is 105 Å². The summed E-state index contributed by atoms with van der Waals surface area (Å²) in [5, 5.41) is 20.6. The molecule has 0 saturated carbocycles. The van der Waals surface area contributed by atoms with Crippen molar-refractivity contribution in [3.63, 3.8) is 0 Å². The maximum absolute atomic E-state index is 11.7. The zero-order valence-electron chi connectivity index (χ0n) is 10.1. The number of aliphatic carboxylic acids is 1. The van der Waals surface area contributed by atoms with Crippen LogP contribution in [-0.4, -0.2) is 33.1 Å². The molecule has 0 unspecified atom stereocenters. The third-order valence-corrected chi connectivity index (χ3v) is 2.44. The molecule has 3 N–H and O–H groups in total. The molecule has 0 radical (unpaired) electrons. The molecule has 18 heavy (non-hydrogen) atoms. The normalized spacial score (nSPS) is 11.8. The molecule has 1 heterocycles. The molecule has 1 amide bonds. The molecule has 0 aliphatic carbocycles. The molecule has 98 valence electrons. The van der Waals surface area contributed by atoms with Gasteiger partial charge in [-0.3, -0.25) is 9.78 Å². The number of carbonyl (C=O) groups is 2. The van der Waals surface area contributed by atoms with Crippen molar-refractivity contribution < 1.29 is 19.8 Å². The molecule has 0 aliphatic heterocycles. The van der Waals surface area contributed by atoms with Gasteiger partial charge < -0.3 is 15.5 Å². The summed E-state index contributed by atoms with van der Waals surface area (Å²) < 4.78 is 0. The first-order chi connectivity index (χ1) is 8.54. The van der Waals surface area contributed by atoms with E-state index in [0.717, 1.165) is 12.8 Å². The first kappa shape index (κ1) is 14.0. The Morgan fingerprint density at radius 2 is 2.17 bits per heavy atom. The second-order valence-corrected chi connectivity index (χ2v) is 3.94. The maximum Gasteiger partial charge on any atom is 0.326 e. The zero-order chi connectivity index (χ0) is 13.5. The van der Waals surface area contributed by atoms with Crippen LogP contribution in [0.5, 0.6) is 5.75 Å². The average Bonchev–Trinajstić information content (AvgIpc) is 2.33. The molecule has 6 heteroatoms. The number of carboxylic acids is 1. The highest BCUT2D eigenvalue weighted by molar-refractivity contribution is 5.96. The first-order valence-corrected chi connectivity index (χ1v) is 5.72. The van der Waals surface area contributed by atoms with Crippen molar-refractivity contribution in [1.29, 1.82) is 0 Å². The highest BCUT2D eigenvalue weighted by Gasteiger charge is 2.20. The number of aromatic nitrogens is 1. The number of hydrogen-bond donors (Lipinski definition) is 3. The summed E-state index contributed by atoms with van der Waals surface area (Å²) in [6, 6.07) is 0.320. The number of amides is 1. The van der Waals surface area contributed by atoms with Crippen molar-refractivity contribution in [3.05, 3.63) is 24.0 Å². The van der Waals surface area contributed by atoms with E-state index in [1.54, 1.807) is 0 Å². The lowest BCUT2D eigenvalue weighted by Gasteiger charge is -2.13. The number of carbonyl (C=O) groups excluding carboxylic acids is 1. The summed E-state index contributed by atoms with van der Waals surface area (Å²) in [5.74, 6) is -1.75. The minimum atomic E-state index is -1.06. The lowest BCUT2D eigenvalue weighted by molar-refractivity contribution is -0.139. The lowest BCUT2D eigenvalue weighted by Crippen LogP contribution is -2.40. The third-order valence-electron chi connectivity index (χ3n) is 2.44. The molecule has 6 nitrogen and oxygen atoms in total. The largest absolute Gasteiger partial charge is 0.506 e. The van der Waals surface area contributed by atoms with E-state index in [2.05, 4.69) is 10.3 Å². The topological polar surface area (TPSA) is 99.5 Å². The van der Waals surface area contributed by atoms with E-state index in [1.807, 2.05) is 6.92 Å². The number of rotatable bonds is 6. The van der Waals surface area contributed by atoms with Crippen molar-refractivity contribution in [1.82, 2.24) is 10.3 Å². The predicted octanol–water partition coefficient (Wildman–Crippen LogP) is 1.16. The van der Waals surface area contributed by atoms with Crippen LogP contribution in [0.4, 0.5) is 0 Å². The lowest BCUT2D eigenvalue weighted by atomic mass is 10.1. The van der Waals surface area contributed by atoms with Crippen LogP contribution >= 0.6 is 0 Å². The van der Waals surface area contributed by atoms with Gasteiger partial charge in [0.1, 0.15) is 11.8 Å².